The Morgan fingerprint density at radius 2 is 1.90 bits per heavy atom. The van der Waals surface area contributed by atoms with Crippen molar-refractivity contribution < 1.29 is 18.7 Å². The lowest BCUT2D eigenvalue weighted by Crippen LogP contribution is -2.45. The molecule has 3 aromatic rings. The first-order valence-corrected chi connectivity index (χ1v) is 13.9. The van der Waals surface area contributed by atoms with Gasteiger partial charge in [-0.3, -0.25) is 9.48 Å². The lowest BCUT2D eigenvalue weighted by molar-refractivity contribution is -0.118. The van der Waals surface area contributed by atoms with Crippen LogP contribution in [0.1, 0.15) is 58.1 Å². The van der Waals surface area contributed by atoms with Crippen LogP contribution >= 0.6 is 23.2 Å². The van der Waals surface area contributed by atoms with Gasteiger partial charge >= 0.3 is 0 Å². The summed E-state index contributed by atoms with van der Waals surface area (Å²) < 4.78 is 32.9. The van der Waals surface area contributed by atoms with Gasteiger partial charge in [-0.05, 0) is 49.4 Å². The Bertz CT molecular complexity index is 1490. The first-order chi connectivity index (χ1) is 19.1. The molecule has 4 rings (SSSR count). The molecule has 4 atom stereocenters. The van der Waals surface area contributed by atoms with Crippen LogP contribution in [0.5, 0.6) is 0 Å². The molecule has 0 spiro atoms. The van der Waals surface area contributed by atoms with Crippen molar-refractivity contribution in [2.75, 3.05) is 5.32 Å². The molecule has 3 N–H and O–H groups in total. The van der Waals surface area contributed by atoms with Gasteiger partial charge in [-0.15, -0.1) is 0 Å². The van der Waals surface area contributed by atoms with E-state index < -0.39 is 46.6 Å². The van der Waals surface area contributed by atoms with Crippen LogP contribution in [0.3, 0.4) is 0 Å². The Hall–Kier alpha value is -3.03. The van der Waals surface area contributed by atoms with Gasteiger partial charge in [0.15, 0.2) is 5.82 Å². The maximum absolute atomic E-state index is 15.7. The van der Waals surface area contributed by atoms with Crippen molar-refractivity contribution >= 4 is 34.9 Å². The van der Waals surface area contributed by atoms with Gasteiger partial charge in [-0.25, -0.2) is 8.78 Å². The molecule has 0 radical (unpaired) electrons. The fourth-order valence-corrected chi connectivity index (χ4v) is 6.01. The van der Waals surface area contributed by atoms with Crippen LogP contribution in [0.25, 0.3) is 0 Å². The predicted octanol–water partition coefficient (Wildman–Crippen LogP) is 6.20. The SMILES string of the molecule is CC(C)(C)C[C@H]1N[C@H](C(=O)Nc2ccn(CC(C)(C)O)n2)[C@@H](c2cccc(Cl)c2F)[C@]1(C#N)c1ccc(Cl)cc1F. The standard InChI is InChI=1S/C30H33Cl2F2N5O2/c1-28(2,3)14-22-30(15-35,19-10-9-17(31)13-21(19)33)24(18-7-6-8-20(32)25(18)34)26(36-22)27(40)37-23-11-12-39(38-23)16-29(4,5)41/h6-13,22,24,26,36,41H,14,16H2,1-5H3,(H,37,38,40)/t22-,24-,26+,30-/m1/s1. The summed E-state index contributed by atoms with van der Waals surface area (Å²) in [7, 11) is 0. The van der Waals surface area contributed by atoms with Crippen LogP contribution in [-0.4, -0.2) is 38.5 Å². The van der Waals surface area contributed by atoms with Gasteiger partial charge < -0.3 is 15.7 Å². The third-order valence-electron chi connectivity index (χ3n) is 7.17. The van der Waals surface area contributed by atoms with Crippen molar-refractivity contribution in [2.45, 2.75) is 76.6 Å². The van der Waals surface area contributed by atoms with Crippen molar-refractivity contribution in [1.82, 2.24) is 15.1 Å². The number of nitrogens with zero attached hydrogens (tertiary/aromatic N) is 3. The topological polar surface area (TPSA) is 103 Å². The third kappa shape index (κ3) is 6.41. The predicted molar refractivity (Wildman–Crippen MR) is 155 cm³/mol. The first kappa shape index (κ1) is 30.9. The van der Waals surface area contributed by atoms with E-state index in [1.165, 1.54) is 35.0 Å². The molecule has 0 saturated carbocycles. The van der Waals surface area contributed by atoms with Crippen molar-refractivity contribution in [3.63, 3.8) is 0 Å². The monoisotopic (exact) mass is 603 g/mol. The summed E-state index contributed by atoms with van der Waals surface area (Å²) in [6.07, 6.45) is 1.96. The van der Waals surface area contributed by atoms with Crippen LogP contribution in [0.2, 0.25) is 10.0 Å². The molecule has 2 aromatic carbocycles. The second-order valence-electron chi connectivity index (χ2n) is 12.4. The van der Waals surface area contributed by atoms with E-state index in [1.807, 2.05) is 20.8 Å². The molecule has 1 fully saturated rings. The Labute approximate surface area is 248 Å². The highest BCUT2D eigenvalue weighted by Crippen LogP contribution is 2.52. The molecule has 7 nitrogen and oxygen atoms in total. The quantitative estimate of drug-likeness (QED) is 0.298. The summed E-state index contributed by atoms with van der Waals surface area (Å²) in [6, 6.07) is 10.3. The van der Waals surface area contributed by atoms with Gasteiger partial charge in [0.1, 0.15) is 17.0 Å². The molecule has 218 valence electrons. The molecule has 1 amide bonds. The number of amides is 1. The number of aromatic nitrogens is 2. The van der Waals surface area contributed by atoms with E-state index in [0.717, 1.165) is 6.07 Å². The minimum Gasteiger partial charge on any atom is -0.389 e. The van der Waals surface area contributed by atoms with Gasteiger partial charge in [0.25, 0.3) is 0 Å². The molecule has 0 unspecified atom stereocenters. The number of nitrogens with one attached hydrogen (secondary N) is 2. The Morgan fingerprint density at radius 3 is 2.51 bits per heavy atom. The molecule has 11 heteroatoms. The molecule has 1 aliphatic rings. The van der Waals surface area contributed by atoms with Crippen LogP contribution in [0.4, 0.5) is 14.6 Å². The van der Waals surface area contributed by atoms with Crippen LogP contribution in [0.15, 0.2) is 48.7 Å². The van der Waals surface area contributed by atoms with Gasteiger partial charge in [0.2, 0.25) is 5.91 Å². The smallest absolute Gasteiger partial charge is 0.243 e. The zero-order valence-corrected chi connectivity index (χ0v) is 25.0. The first-order valence-electron chi connectivity index (χ1n) is 13.2. The number of nitriles is 1. The molecular weight excluding hydrogens is 571 g/mol. The summed E-state index contributed by atoms with van der Waals surface area (Å²) in [6.45, 7) is 9.34. The Balaban J connectivity index is 1.89. The average molecular weight is 605 g/mol. The molecule has 1 saturated heterocycles. The van der Waals surface area contributed by atoms with E-state index in [4.69, 9.17) is 23.2 Å². The lowest BCUT2D eigenvalue weighted by atomic mass is 9.62. The van der Waals surface area contributed by atoms with E-state index in [9.17, 15) is 15.2 Å². The average Bonchev–Trinajstić information content (AvgIpc) is 3.40. The van der Waals surface area contributed by atoms with Crippen molar-refractivity contribution in [2.24, 2.45) is 5.41 Å². The summed E-state index contributed by atoms with van der Waals surface area (Å²) in [5, 5.41) is 31.3. The number of rotatable bonds is 7. The van der Waals surface area contributed by atoms with Crippen LogP contribution in [0, 0.1) is 28.4 Å². The summed E-state index contributed by atoms with van der Waals surface area (Å²) in [5.41, 5.74) is -3.12. The van der Waals surface area contributed by atoms with Gasteiger partial charge in [0.05, 0.1) is 29.3 Å². The highest BCUT2D eigenvalue weighted by Gasteiger charge is 2.61. The number of aliphatic hydroxyl groups is 1. The van der Waals surface area contributed by atoms with E-state index in [-0.39, 0.29) is 38.9 Å². The van der Waals surface area contributed by atoms with Crippen molar-refractivity contribution in [1.29, 1.82) is 5.26 Å². The molecule has 1 aromatic heterocycles. The zero-order chi connectivity index (χ0) is 30.3. The number of hydrogen-bond acceptors (Lipinski definition) is 5. The normalized spacial score (nSPS) is 22.9. The molecular formula is C30H33Cl2F2N5O2. The van der Waals surface area contributed by atoms with Gasteiger partial charge in [0, 0.05) is 34.8 Å². The molecule has 2 heterocycles. The zero-order valence-electron chi connectivity index (χ0n) is 23.5. The van der Waals surface area contributed by atoms with E-state index in [0.29, 0.717) is 6.42 Å². The molecule has 0 aliphatic carbocycles. The maximum atomic E-state index is 15.7. The highest BCUT2D eigenvalue weighted by atomic mass is 35.5. The van der Waals surface area contributed by atoms with Gasteiger partial charge in [-0.2, -0.15) is 10.4 Å². The molecule has 0 bridgehead atoms. The second kappa shape index (κ2) is 11.3. The number of carbonyl (C=O) groups is 1. The number of anilines is 1. The largest absolute Gasteiger partial charge is 0.389 e. The van der Waals surface area contributed by atoms with E-state index >= 15 is 8.78 Å². The van der Waals surface area contributed by atoms with Crippen LogP contribution < -0.4 is 10.6 Å². The molecule has 1 aliphatic heterocycles. The Morgan fingerprint density at radius 1 is 1.20 bits per heavy atom. The molecule has 41 heavy (non-hydrogen) atoms. The minimum atomic E-state index is -1.73. The number of benzene rings is 2. The third-order valence-corrected chi connectivity index (χ3v) is 7.70. The highest BCUT2D eigenvalue weighted by molar-refractivity contribution is 6.31. The fraction of sp³-hybridized carbons (Fsp3) is 0.433. The van der Waals surface area contributed by atoms with E-state index in [2.05, 4.69) is 21.8 Å². The summed E-state index contributed by atoms with van der Waals surface area (Å²) >= 11 is 12.2. The second-order valence-corrected chi connectivity index (χ2v) is 13.2. The van der Waals surface area contributed by atoms with Crippen LogP contribution in [-0.2, 0) is 16.8 Å². The van der Waals surface area contributed by atoms with Crippen molar-refractivity contribution in [3.8, 4) is 6.07 Å². The summed E-state index contributed by atoms with van der Waals surface area (Å²) in [4.78, 5) is 13.9. The Kier molecular flexibility index (Phi) is 8.55. The summed E-state index contributed by atoms with van der Waals surface area (Å²) in [5.74, 6) is -3.11. The maximum Gasteiger partial charge on any atom is 0.243 e. The number of carbonyl (C=O) groups excluding carboxylic acids is 1. The number of hydrogen-bond donors (Lipinski definition) is 3. The number of halogens is 4. The van der Waals surface area contributed by atoms with Gasteiger partial charge in [-0.1, -0.05) is 62.2 Å². The van der Waals surface area contributed by atoms with Crippen molar-refractivity contribution in [3.05, 3.63) is 81.5 Å². The minimum absolute atomic E-state index is 0.000260. The van der Waals surface area contributed by atoms with E-state index in [1.54, 1.807) is 26.1 Å². The lowest BCUT2D eigenvalue weighted by Gasteiger charge is -2.37. The fourth-order valence-electron chi connectivity index (χ4n) is 5.67.